The van der Waals surface area contributed by atoms with Crippen molar-refractivity contribution in [1.82, 2.24) is 20.1 Å². The van der Waals surface area contributed by atoms with Crippen molar-refractivity contribution in [2.45, 2.75) is 19.4 Å². The summed E-state index contributed by atoms with van der Waals surface area (Å²) in [6, 6.07) is 12.1. The zero-order valence-electron chi connectivity index (χ0n) is 15.7. The molecule has 26 heavy (non-hydrogen) atoms. The van der Waals surface area contributed by atoms with Gasteiger partial charge in [-0.15, -0.1) is 0 Å². The van der Waals surface area contributed by atoms with Crippen LogP contribution in [0.15, 0.2) is 48.8 Å². The molecular formula is C21H28N4O. The fourth-order valence-electron chi connectivity index (χ4n) is 3.24. The van der Waals surface area contributed by atoms with Gasteiger partial charge in [0, 0.05) is 51.5 Å². The van der Waals surface area contributed by atoms with Gasteiger partial charge in [0.15, 0.2) is 0 Å². The van der Waals surface area contributed by atoms with Gasteiger partial charge in [0.1, 0.15) is 0 Å². The van der Waals surface area contributed by atoms with E-state index in [0.717, 1.165) is 43.9 Å². The van der Waals surface area contributed by atoms with Crippen molar-refractivity contribution in [3.05, 3.63) is 65.5 Å². The van der Waals surface area contributed by atoms with Crippen LogP contribution in [0.5, 0.6) is 0 Å². The number of benzene rings is 1. The Morgan fingerprint density at radius 2 is 1.65 bits per heavy atom. The SMILES string of the molecule is Cc1ccc([C@@H](NC(=O)CCN2CCN(C)CC2)c2ccncc2)cc1. The summed E-state index contributed by atoms with van der Waals surface area (Å²) in [6.07, 6.45) is 4.07. The number of aromatic nitrogens is 1. The van der Waals surface area contributed by atoms with Gasteiger partial charge < -0.3 is 15.1 Å². The lowest BCUT2D eigenvalue weighted by atomic mass is 9.98. The number of rotatable bonds is 6. The van der Waals surface area contributed by atoms with Crippen molar-refractivity contribution in [3.63, 3.8) is 0 Å². The Hall–Kier alpha value is -2.24. The number of likely N-dealkylation sites (N-methyl/N-ethyl adjacent to an activating group) is 1. The van der Waals surface area contributed by atoms with E-state index in [1.807, 2.05) is 12.1 Å². The predicted molar refractivity (Wildman–Crippen MR) is 104 cm³/mol. The van der Waals surface area contributed by atoms with Crippen LogP contribution in [0.3, 0.4) is 0 Å². The standard InChI is InChI=1S/C21H28N4O/c1-17-3-5-18(6-4-17)21(19-7-10-22-11-8-19)23-20(26)9-12-25-15-13-24(2)14-16-25/h3-8,10-11,21H,9,12-16H2,1-2H3,(H,23,26)/t21-/m1/s1. The molecule has 5 heteroatoms. The number of nitrogens with one attached hydrogen (secondary N) is 1. The fraction of sp³-hybridized carbons (Fsp3) is 0.429. The van der Waals surface area contributed by atoms with Gasteiger partial charge in [-0.1, -0.05) is 29.8 Å². The minimum absolute atomic E-state index is 0.0892. The largest absolute Gasteiger partial charge is 0.345 e. The van der Waals surface area contributed by atoms with Gasteiger partial charge in [0.25, 0.3) is 0 Å². The predicted octanol–water partition coefficient (Wildman–Crippen LogP) is 2.23. The number of piperazine rings is 1. The lowest BCUT2D eigenvalue weighted by Crippen LogP contribution is -2.45. The highest BCUT2D eigenvalue weighted by Crippen LogP contribution is 2.22. The van der Waals surface area contributed by atoms with E-state index in [4.69, 9.17) is 0 Å². The van der Waals surface area contributed by atoms with Crippen molar-refractivity contribution < 1.29 is 4.79 Å². The van der Waals surface area contributed by atoms with Gasteiger partial charge in [-0.25, -0.2) is 0 Å². The van der Waals surface area contributed by atoms with Crippen LogP contribution in [0.4, 0.5) is 0 Å². The van der Waals surface area contributed by atoms with Crippen LogP contribution in [0, 0.1) is 6.92 Å². The number of nitrogens with zero attached hydrogens (tertiary/aromatic N) is 3. The normalized spacial score (nSPS) is 17.0. The molecule has 0 aliphatic carbocycles. The summed E-state index contributed by atoms with van der Waals surface area (Å²) >= 11 is 0. The second-order valence-corrected chi connectivity index (χ2v) is 7.09. The summed E-state index contributed by atoms with van der Waals surface area (Å²) in [5, 5.41) is 3.21. The molecule has 2 heterocycles. The Morgan fingerprint density at radius 3 is 2.31 bits per heavy atom. The smallest absolute Gasteiger partial charge is 0.222 e. The van der Waals surface area contributed by atoms with Gasteiger partial charge >= 0.3 is 0 Å². The van der Waals surface area contributed by atoms with Gasteiger partial charge in [0.2, 0.25) is 5.91 Å². The monoisotopic (exact) mass is 352 g/mol. The first-order valence-electron chi connectivity index (χ1n) is 9.28. The Balaban J connectivity index is 1.63. The van der Waals surface area contributed by atoms with Crippen LogP contribution in [-0.2, 0) is 4.79 Å². The molecule has 1 saturated heterocycles. The molecule has 1 fully saturated rings. The highest BCUT2D eigenvalue weighted by atomic mass is 16.1. The summed E-state index contributed by atoms with van der Waals surface area (Å²) < 4.78 is 0. The lowest BCUT2D eigenvalue weighted by molar-refractivity contribution is -0.122. The zero-order chi connectivity index (χ0) is 18.4. The van der Waals surface area contributed by atoms with Crippen molar-refractivity contribution in [2.24, 2.45) is 0 Å². The van der Waals surface area contributed by atoms with E-state index >= 15 is 0 Å². The molecule has 0 unspecified atom stereocenters. The number of carbonyl (C=O) groups is 1. The summed E-state index contributed by atoms with van der Waals surface area (Å²) in [4.78, 5) is 21.4. The average Bonchev–Trinajstić information content (AvgIpc) is 2.67. The van der Waals surface area contributed by atoms with E-state index in [2.05, 4.69) is 58.3 Å². The third-order valence-electron chi connectivity index (χ3n) is 5.01. The molecule has 0 bridgehead atoms. The second kappa shape index (κ2) is 8.92. The zero-order valence-corrected chi connectivity index (χ0v) is 15.7. The second-order valence-electron chi connectivity index (χ2n) is 7.09. The first-order valence-corrected chi connectivity index (χ1v) is 9.28. The maximum absolute atomic E-state index is 12.6. The maximum atomic E-state index is 12.6. The molecule has 0 spiro atoms. The molecular weight excluding hydrogens is 324 g/mol. The number of hydrogen-bond acceptors (Lipinski definition) is 4. The molecule has 1 amide bonds. The quantitative estimate of drug-likeness (QED) is 0.866. The molecule has 3 rings (SSSR count). The third kappa shape index (κ3) is 5.13. The van der Waals surface area contributed by atoms with Crippen LogP contribution < -0.4 is 5.32 Å². The van der Waals surface area contributed by atoms with Crippen LogP contribution >= 0.6 is 0 Å². The van der Waals surface area contributed by atoms with E-state index in [9.17, 15) is 4.79 Å². The molecule has 2 aromatic rings. The topological polar surface area (TPSA) is 48.5 Å². The Bertz CT molecular complexity index is 694. The van der Waals surface area contributed by atoms with Gasteiger partial charge in [-0.05, 0) is 37.2 Å². The Morgan fingerprint density at radius 1 is 1.04 bits per heavy atom. The third-order valence-corrected chi connectivity index (χ3v) is 5.01. The van der Waals surface area contributed by atoms with Crippen molar-refractivity contribution in [2.75, 3.05) is 39.8 Å². The minimum Gasteiger partial charge on any atom is -0.345 e. The van der Waals surface area contributed by atoms with Crippen molar-refractivity contribution >= 4 is 5.91 Å². The molecule has 0 saturated carbocycles. The summed E-state index contributed by atoms with van der Waals surface area (Å²) in [5.74, 6) is 0.0892. The van der Waals surface area contributed by atoms with Crippen molar-refractivity contribution in [3.8, 4) is 0 Å². The Kier molecular flexibility index (Phi) is 6.36. The van der Waals surface area contributed by atoms with E-state index < -0.39 is 0 Å². The molecule has 138 valence electrons. The summed E-state index contributed by atoms with van der Waals surface area (Å²) in [7, 11) is 2.14. The van der Waals surface area contributed by atoms with Crippen molar-refractivity contribution in [1.29, 1.82) is 0 Å². The van der Waals surface area contributed by atoms with E-state index in [0.29, 0.717) is 6.42 Å². The molecule has 0 radical (unpaired) electrons. The van der Waals surface area contributed by atoms with Gasteiger partial charge in [0.05, 0.1) is 6.04 Å². The number of aryl methyl sites for hydroxylation is 1. The number of pyridine rings is 1. The van der Waals surface area contributed by atoms with E-state index in [1.165, 1.54) is 5.56 Å². The number of amides is 1. The highest BCUT2D eigenvalue weighted by Gasteiger charge is 2.19. The van der Waals surface area contributed by atoms with E-state index in [-0.39, 0.29) is 11.9 Å². The average molecular weight is 352 g/mol. The molecule has 1 N–H and O–H groups in total. The first-order chi connectivity index (χ1) is 12.6. The summed E-state index contributed by atoms with van der Waals surface area (Å²) in [5.41, 5.74) is 3.36. The maximum Gasteiger partial charge on any atom is 0.222 e. The molecule has 1 aromatic carbocycles. The number of hydrogen-bond donors (Lipinski definition) is 1. The molecule has 5 nitrogen and oxygen atoms in total. The van der Waals surface area contributed by atoms with Gasteiger partial charge in [-0.2, -0.15) is 0 Å². The first kappa shape index (κ1) is 18.5. The Labute approximate surface area is 156 Å². The summed E-state index contributed by atoms with van der Waals surface area (Å²) in [6.45, 7) is 7.11. The van der Waals surface area contributed by atoms with Crippen LogP contribution in [0.25, 0.3) is 0 Å². The van der Waals surface area contributed by atoms with Crippen LogP contribution in [0.1, 0.15) is 29.2 Å². The molecule has 1 atom stereocenters. The molecule has 1 aromatic heterocycles. The highest BCUT2D eigenvalue weighted by molar-refractivity contribution is 5.77. The minimum atomic E-state index is -0.140. The lowest BCUT2D eigenvalue weighted by Gasteiger charge is -2.32. The number of carbonyl (C=O) groups excluding carboxylic acids is 1. The molecule has 1 aliphatic heterocycles. The molecule has 1 aliphatic rings. The fourth-order valence-corrected chi connectivity index (χ4v) is 3.24. The van der Waals surface area contributed by atoms with Crippen LogP contribution in [-0.4, -0.2) is 60.5 Å². The van der Waals surface area contributed by atoms with Crippen LogP contribution in [0.2, 0.25) is 0 Å². The van der Waals surface area contributed by atoms with E-state index in [1.54, 1.807) is 12.4 Å². The van der Waals surface area contributed by atoms with Gasteiger partial charge in [-0.3, -0.25) is 9.78 Å².